The molecular weight excluding hydrogens is 298 g/mol. The molecule has 1 amide bonds. The van der Waals surface area contributed by atoms with Crippen LogP contribution in [0.3, 0.4) is 0 Å². The molecule has 2 aliphatic rings. The molecule has 0 bridgehead atoms. The summed E-state index contributed by atoms with van der Waals surface area (Å²) in [4.78, 5) is 19.4. The van der Waals surface area contributed by atoms with Crippen LogP contribution in [0.1, 0.15) is 46.7 Å². The van der Waals surface area contributed by atoms with E-state index in [-0.39, 0.29) is 5.91 Å². The first-order valence-corrected chi connectivity index (χ1v) is 8.78. The highest BCUT2D eigenvalue weighted by Gasteiger charge is 2.46. The van der Waals surface area contributed by atoms with Crippen molar-refractivity contribution in [2.45, 2.75) is 37.8 Å². The van der Waals surface area contributed by atoms with Crippen molar-refractivity contribution in [3.63, 3.8) is 0 Å². The Morgan fingerprint density at radius 1 is 1.21 bits per heavy atom. The van der Waals surface area contributed by atoms with Crippen molar-refractivity contribution >= 4 is 5.91 Å². The molecule has 1 aromatic carbocycles. The van der Waals surface area contributed by atoms with E-state index in [1.807, 2.05) is 6.07 Å². The number of amides is 1. The van der Waals surface area contributed by atoms with Gasteiger partial charge in [0, 0.05) is 37.4 Å². The van der Waals surface area contributed by atoms with Gasteiger partial charge >= 0.3 is 0 Å². The number of pyridine rings is 1. The molecule has 2 N–H and O–H groups in total. The Kier molecular flexibility index (Phi) is 4.07. The number of benzene rings is 1. The van der Waals surface area contributed by atoms with Crippen LogP contribution in [0, 0.1) is 5.92 Å². The first-order chi connectivity index (χ1) is 11.8. The van der Waals surface area contributed by atoms with E-state index in [0.29, 0.717) is 30.0 Å². The standard InChI is InChI=1S/C20H23N3O/c21-10-14-9-16(12-22-11-14)20(24)23-13-18(15-5-2-1-3-6-15)17-7-4-8-19(17)23/h1-3,5-6,9,11-12,17-19H,4,7-8,10,13,21H2/t17-,18-,19-/m0/s1. The fourth-order valence-corrected chi connectivity index (χ4v) is 4.48. The zero-order chi connectivity index (χ0) is 16.5. The van der Waals surface area contributed by atoms with Gasteiger partial charge in [-0.25, -0.2) is 0 Å². The second kappa shape index (κ2) is 6.36. The van der Waals surface area contributed by atoms with Gasteiger partial charge in [0.2, 0.25) is 0 Å². The molecule has 2 heterocycles. The molecule has 124 valence electrons. The first-order valence-electron chi connectivity index (χ1n) is 8.78. The van der Waals surface area contributed by atoms with Crippen LogP contribution in [-0.2, 0) is 6.54 Å². The minimum absolute atomic E-state index is 0.105. The Hall–Kier alpha value is -2.20. The fraction of sp³-hybridized carbons (Fsp3) is 0.400. The predicted molar refractivity (Wildman–Crippen MR) is 93.5 cm³/mol. The Labute approximate surface area is 142 Å². The molecule has 1 saturated heterocycles. The number of hydrogen-bond acceptors (Lipinski definition) is 3. The van der Waals surface area contributed by atoms with Crippen molar-refractivity contribution in [2.24, 2.45) is 11.7 Å². The normalized spacial score (nSPS) is 25.7. The van der Waals surface area contributed by atoms with Gasteiger partial charge in [0.05, 0.1) is 5.56 Å². The maximum Gasteiger partial charge on any atom is 0.255 e. The third-order valence-corrected chi connectivity index (χ3v) is 5.61. The molecule has 2 fully saturated rings. The lowest BCUT2D eigenvalue weighted by Crippen LogP contribution is -2.36. The van der Waals surface area contributed by atoms with Gasteiger partial charge in [0.1, 0.15) is 0 Å². The number of hydrogen-bond donors (Lipinski definition) is 1. The Bertz CT molecular complexity index is 731. The van der Waals surface area contributed by atoms with E-state index < -0.39 is 0 Å². The number of carbonyl (C=O) groups is 1. The average Bonchev–Trinajstić information content (AvgIpc) is 3.24. The molecular formula is C20H23N3O. The highest BCUT2D eigenvalue weighted by molar-refractivity contribution is 5.94. The number of aromatic nitrogens is 1. The van der Waals surface area contributed by atoms with Crippen molar-refractivity contribution in [1.29, 1.82) is 0 Å². The summed E-state index contributed by atoms with van der Waals surface area (Å²) in [5.74, 6) is 1.14. The summed E-state index contributed by atoms with van der Waals surface area (Å²) in [5, 5.41) is 0. The molecule has 4 heteroatoms. The molecule has 1 aromatic heterocycles. The zero-order valence-electron chi connectivity index (χ0n) is 13.8. The molecule has 0 spiro atoms. The van der Waals surface area contributed by atoms with Crippen LogP contribution in [-0.4, -0.2) is 28.4 Å². The Morgan fingerprint density at radius 2 is 2.04 bits per heavy atom. The van der Waals surface area contributed by atoms with Gasteiger partial charge < -0.3 is 10.6 Å². The molecule has 1 saturated carbocycles. The third-order valence-electron chi connectivity index (χ3n) is 5.61. The second-order valence-corrected chi connectivity index (χ2v) is 6.92. The maximum absolute atomic E-state index is 13.1. The van der Waals surface area contributed by atoms with Crippen LogP contribution < -0.4 is 5.73 Å². The molecule has 1 aliphatic heterocycles. The van der Waals surface area contributed by atoms with Crippen LogP contribution in [0.2, 0.25) is 0 Å². The van der Waals surface area contributed by atoms with Gasteiger partial charge in [-0.1, -0.05) is 36.8 Å². The largest absolute Gasteiger partial charge is 0.335 e. The number of nitrogens with zero attached hydrogens (tertiary/aromatic N) is 2. The SMILES string of the molecule is NCc1cncc(C(=O)N2C[C@@H](c3ccccc3)[C@@H]3CCC[C@@H]32)c1. The molecule has 1 aliphatic carbocycles. The topological polar surface area (TPSA) is 59.2 Å². The monoisotopic (exact) mass is 321 g/mol. The second-order valence-electron chi connectivity index (χ2n) is 6.92. The van der Waals surface area contributed by atoms with Crippen LogP contribution in [0.5, 0.6) is 0 Å². The van der Waals surface area contributed by atoms with E-state index in [2.05, 4.69) is 40.2 Å². The van der Waals surface area contributed by atoms with Crippen LogP contribution in [0.4, 0.5) is 0 Å². The van der Waals surface area contributed by atoms with Crippen molar-refractivity contribution in [3.05, 3.63) is 65.5 Å². The highest BCUT2D eigenvalue weighted by Crippen LogP contribution is 2.46. The summed E-state index contributed by atoms with van der Waals surface area (Å²) in [5.41, 5.74) is 8.62. The van der Waals surface area contributed by atoms with E-state index in [4.69, 9.17) is 5.73 Å². The number of nitrogens with two attached hydrogens (primary N) is 1. The van der Waals surface area contributed by atoms with Crippen molar-refractivity contribution in [2.75, 3.05) is 6.54 Å². The summed E-state index contributed by atoms with van der Waals surface area (Å²) in [6.45, 7) is 1.22. The minimum atomic E-state index is 0.105. The van der Waals surface area contributed by atoms with Gasteiger partial charge in [0.25, 0.3) is 5.91 Å². The molecule has 4 nitrogen and oxygen atoms in total. The first kappa shape index (κ1) is 15.3. The van der Waals surface area contributed by atoms with E-state index >= 15 is 0 Å². The van der Waals surface area contributed by atoms with Crippen molar-refractivity contribution in [3.8, 4) is 0 Å². The molecule has 2 aromatic rings. The maximum atomic E-state index is 13.1. The van der Waals surface area contributed by atoms with E-state index in [9.17, 15) is 4.79 Å². The van der Waals surface area contributed by atoms with Crippen LogP contribution >= 0.6 is 0 Å². The van der Waals surface area contributed by atoms with E-state index in [1.165, 1.54) is 18.4 Å². The Morgan fingerprint density at radius 3 is 2.83 bits per heavy atom. The van der Waals surface area contributed by atoms with E-state index in [0.717, 1.165) is 18.5 Å². The highest BCUT2D eigenvalue weighted by atomic mass is 16.2. The number of fused-ring (bicyclic) bond motifs is 1. The molecule has 0 unspecified atom stereocenters. The minimum Gasteiger partial charge on any atom is -0.335 e. The van der Waals surface area contributed by atoms with Crippen molar-refractivity contribution in [1.82, 2.24) is 9.88 Å². The quantitative estimate of drug-likeness (QED) is 0.945. The molecule has 4 rings (SSSR count). The van der Waals surface area contributed by atoms with Gasteiger partial charge in [-0.05, 0) is 36.0 Å². The lowest BCUT2D eigenvalue weighted by atomic mass is 9.87. The van der Waals surface area contributed by atoms with Crippen LogP contribution in [0.15, 0.2) is 48.8 Å². The van der Waals surface area contributed by atoms with Gasteiger partial charge in [-0.3, -0.25) is 9.78 Å². The third kappa shape index (κ3) is 2.61. The lowest BCUT2D eigenvalue weighted by molar-refractivity contribution is 0.0727. The smallest absolute Gasteiger partial charge is 0.255 e. The van der Waals surface area contributed by atoms with Crippen LogP contribution in [0.25, 0.3) is 0 Å². The number of likely N-dealkylation sites (tertiary alicyclic amines) is 1. The zero-order valence-corrected chi connectivity index (χ0v) is 13.8. The Balaban J connectivity index is 1.62. The summed E-state index contributed by atoms with van der Waals surface area (Å²) in [6, 6.07) is 12.9. The summed E-state index contributed by atoms with van der Waals surface area (Å²) in [6.07, 6.45) is 6.94. The lowest BCUT2D eigenvalue weighted by Gasteiger charge is -2.23. The fourth-order valence-electron chi connectivity index (χ4n) is 4.48. The summed E-state index contributed by atoms with van der Waals surface area (Å²) < 4.78 is 0. The molecule has 0 radical (unpaired) electrons. The van der Waals surface area contributed by atoms with E-state index in [1.54, 1.807) is 12.4 Å². The van der Waals surface area contributed by atoms with Gasteiger partial charge in [0.15, 0.2) is 0 Å². The summed E-state index contributed by atoms with van der Waals surface area (Å²) in [7, 11) is 0. The number of carbonyl (C=O) groups excluding carboxylic acids is 1. The van der Waals surface area contributed by atoms with Gasteiger partial charge in [-0.2, -0.15) is 0 Å². The van der Waals surface area contributed by atoms with Crippen molar-refractivity contribution < 1.29 is 4.79 Å². The predicted octanol–water partition coefficient (Wildman–Crippen LogP) is 2.95. The van der Waals surface area contributed by atoms with Gasteiger partial charge in [-0.15, -0.1) is 0 Å². The average molecular weight is 321 g/mol. The molecule has 3 atom stereocenters. The summed E-state index contributed by atoms with van der Waals surface area (Å²) >= 11 is 0. The number of rotatable bonds is 3. The molecule has 24 heavy (non-hydrogen) atoms.